The summed E-state index contributed by atoms with van der Waals surface area (Å²) < 4.78 is 37.7. The second-order valence-electron chi connectivity index (χ2n) is 6.10. The molecule has 0 atom stereocenters. The minimum atomic E-state index is -3.94. The van der Waals surface area contributed by atoms with Gasteiger partial charge in [0.25, 0.3) is 0 Å². The van der Waals surface area contributed by atoms with Crippen LogP contribution >= 0.6 is 0 Å². The zero-order valence-corrected chi connectivity index (χ0v) is 11.9. The highest BCUT2D eigenvalue weighted by Gasteiger charge is 2.63. The zero-order chi connectivity index (χ0) is 14.4. The molecule has 0 radical (unpaired) electrons. The summed E-state index contributed by atoms with van der Waals surface area (Å²) in [7, 11) is -3.94. The summed E-state index contributed by atoms with van der Waals surface area (Å²) in [4.78, 5) is -0.339. The van der Waals surface area contributed by atoms with Gasteiger partial charge in [-0.2, -0.15) is 5.26 Å². The third-order valence-electron chi connectivity index (χ3n) is 4.83. The fourth-order valence-corrected chi connectivity index (χ4v) is 5.96. The third kappa shape index (κ3) is 1.71. The predicted molar refractivity (Wildman–Crippen MR) is 72.1 cm³/mol. The summed E-state index contributed by atoms with van der Waals surface area (Å²) in [6.07, 6.45) is 4.88. The summed E-state index contributed by atoms with van der Waals surface area (Å²) in [6.45, 7) is 0. The molecule has 3 rings (SSSR count). The first-order chi connectivity index (χ1) is 9.45. The highest BCUT2D eigenvalue weighted by molar-refractivity contribution is 7.93. The number of hydrogen-bond donors (Lipinski definition) is 0. The van der Waals surface area contributed by atoms with Gasteiger partial charge in [0, 0.05) is 0 Å². The molecule has 2 saturated carbocycles. The molecule has 0 heterocycles. The molecule has 0 aromatic heterocycles. The van der Waals surface area contributed by atoms with E-state index in [0.29, 0.717) is 12.8 Å². The topological polar surface area (TPSA) is 57.9 Å². The predicted octanol–water partition coefficient (Wildman–Crippen LogP) is 3.22. The smallest absolute Gasteiger partial charge is 0.200 e. The van der Waals surface area contributed by atoms with E-state index in [2.05, 4.69) is 0 Å². The lowest BCUT2D eigenvalue weighted by Gasteiger charge is -2.50. The van der Waals surface area contributed by atoms with Crippen molar-refractivity contribution in [1.29, 1.82) is 5.26 Å². The molecule has 5 heteroatoms. The minimum absolute atomic E-state index is 0.00799. The van der Waals surface area contributed by atoms with Gasteiger partial charge in [-0.05, 0) is 43.2 Å². The van der Waals surface area contributed by atoms with Crippen LogP contribution in [0, 0.1) is 22.6 Å². The highest BCUT2D eigenvalue weighted by atomic mass is 32.2. The molecule has 3 nitrogen and oxygen atoms in total. The summed E-state index contributed by atoms with van der Waals surface area (Å²) >= 11 is 0. The lowest BCUT2D eigenvalue weighted by atomic mass is 9.61. The van der Waals surface area contributed by atoms with Crippen molar-refractivity contribution in [3.63, 3.8) is 0 Å². The van der Waals surface area contributed by atoms with Gasteiger partial charge in [0.15, 0.2) is 14.6 Å². The Hall–Kier alpha value is -1.41. The van der Waals surface area contributed by atoms with Gasteiger partial charge in [-0.25, -0.2) is 12.8 Å². The molecule has 106 valence electrons. The number of sulfone groups is 1. The van der Waals surface area contributed by atoms with Crippen LogP contribution in [0.4, 0.5) is 4.39 Å². The van der Waals surface area contributed by atoms with E-state index in [0.717, 1.165) is 31.7 Å². The van der Waals surface area contributed by atoms with Gasteiger partial charge >= 0.3 is 0 Å². The minimum Gasteiger partial charge on any atom is -0.222 e. The van der Waals surface area contributed by atoms with Crippen molar-refractivity contribution in [1.82, 2.24) is 0 Å². The van der Waals surface area contributed by atoms with Crippen molar-refractivity contribution in [2.45, 2.75) is 48.2 Å². The Kier molecular flexibility index (Phi) is 2.91. The Bertz CT molecular complexity index is 676. The molecule has 0 N–H and O–H groups in total. The number of rotatable bonds is 2. The Morgan fingerprint density at radius 2 is 1.75 bits per heavy atom. The fourth-order valence-electron chi connectivity index (χ4n) is 3.84. The average molecular weight is 293 g/mol. The SMILES string of the molecule is N#CC1(S(=O)(=O)c2ccccc2F)CC2(CCCC2)C1. The third-order valence-corrected chi connectivity index (χ3v) is 7.15. The quantitative estimate of drug-likeness (QED) is 0.841. The molecule has 1 spiro atoms. The van der Waals surface area contributed by atoms with E-state index in [1.807, 2.05) is 6.07 Å². The van der Waals surface area contributed by atoms with E-state index >= 15 is 0 Å². The molecule has 0 bridgehead atoms. The van der Waals surface area contributed by atoms with Crippen molar-refractivity contribution < 1.29 is 12.8 Å². The highest BCUT2D eigenvalue weighted by Crippen LogP contribution is 2.61. The van der Waals surface area contributed by atoms with Crippen LogP contribution in [0.25, 0.3) is 0 Å². The van der Waals surface area contributed by atoms with Gasteiger partial charge in [-0.15, -0.1) is 0 Å². The molecule has 2 aliphatic carbocycles. The molecule has 0 aliphatic heterocycles. The van der Waals surface area contributed by atoms with Crippen LogP contribution in [-0.2, 0) is 9.84 Å². The van der Waals surface area contributed by atoms with Crippen LogP contribution in [0.1, 0.15) is 38.5 Å². The lowest BCUT2D eigenvalue weighted by Crippen LogP contribution is -2.54. The molecule has 20 heavy (non-hydrogen) atoms. The second-order valence-corrected chi connectivity index (χ2v) is 8.33. The number of nitriles is 1. The van der Waals surface area contributed by atoms with E-state index in [1.165, 1.54) is 18.2 Å². The molecule has 2 fully saturated rings. The van der Waals surface area contributed by atoms with Crippen molar-refractivity contribution in [2.75, 3.05) is 0 Å². The van der Waals surface area contributed by atoms with Crippen molar-refractivity contribution in [2.24, 2.45) is 5.41 Å². The molecule has 0 saturated heterocycles. The summed E-state index contributed by atoms with van der Waals surface area (Å²) in [5.41, 5.74) is 0.00799. The fraction of sp³-hybridized carbons (Fsp3) is 0.533. The zero-order valence-electron chi connectivity index (χ0n) is 11.1. The number of benzene rings is 1. The maximum absolute atomic E-state index is 13.8. The van der Waals surface area contributed by atoms with Crippen LogP contribution in [0.15, 0.2) is 29.2 Å². The number of hydrogen-bond acceptors (Lipinski definition) is 3. The van der Waals surface area contributed by atoms with Crippen LogP contribution in [0.3, 0.4) is 0 Å². The Labute approximate surface area is 118 Å². The first kappa shape index (κ1) is 13.6. The first-order valence-corrected chi connectivity index (χ1v) is 8.34. The second kappa shape index (κ2) is 4.29. The van der Waals surface area contributed by atoms with Gasteiger partial charge in [-0.3, -0.25) is 0 Å². The van der Waals surface area contributed by atoms with Crippen LogP contribution in [-0.4, -0.2) is 13.2 Å². The molecular weight excluding hydrogens is 277 g/mol. The number of nitrogens with zero attached hydrogens (tertiary/aromatic N) is 1. The van der Waals surface area contributed by atoms with Gasteiger partial charge < -0.3 is 0 Å². The van der Waals surface area contributed by atoms with Crippen molar-refractivity contribution in [3.05, 3.63) is 30.1 Å². The van der Waals surface area contributed by atoms with E-state index in [1.54, 1.807) is 0 Å². The Morgan fingerprint density at radius 3 is 2.30 bits per heavy atom. The molecule has 1 aromatic carbocycles. The van der Waals surface area contributed by atoms with Crippen LogP contribution in [0.2, 0.25) is 0 Å². The summed E-state index contributed by atoms with van der Waals surface area (Å²) in [6, 6.07) is 7.30. The Balaban J connectivity index is 1.99. The molecule has 0 unspecified atom stereocenters. The molecule has 0 amide bonds. The van der Waals surface area contributed by atoms with Gasteiger partial charge in [0.1, 0.15) is 10.7 Å². The number of halogens is 1. The maximum Gasteiger partial charge on any atom is 0.200 e. The Morgan fingerprint density at radius 1 is 1.15 bits per heavy atom. The van der Waals surface area contributed by atoms with Crippen molar-refractivity contribution >= 4 is 9.84 Å². The maximum atomic E-state index is 13.8. The first-order valence-electron chi connectivity index (χ1n) is 6.85. The molecule has 1 aromatic rings. The van der Waals surface area contributed by atoms with Gasteiger partial charge in [0.05, 0.1) is 6.07 Å². The normalized spacial score (nSPS) is 23.2. The standard InChI is InChI=1S/C15H16FNO2S/c16-12-5-1-2-6-13(12)20(18,19)15(11-17)9-14(10-15)7-3-4-8-14/h1-2,5-6H,3-4,7-10H2. The van der Waals surface area contributed by atoms with Crippen molar-refractivity contribution in [3.8, 4) is 6.07 Å². The van der Waals surface area contributed by atoms with E-state index < -0.39 is 20.4 Å². The van der Waals surface area contributed by atoms with E-state index in [4.69, 9.17) is 0 Å². The van der Waals surface area contributed by atoms with E-state index in [-0.39, 0.29) is 10.3 Å². The molecular formula is C15H16FNO2S. The molecule has 2 aliphatic rings. The lowest BCUT2D eigenvalue weighted by molar-refractivity contribution is 0.112. The van der Waals surface area contributed by atoms with Crippen LogP contribution < -0.4 is 0 Å². The average Bonchev–Trinajstić information content (AvgIpc) is 2.85. The van der Waals surface area contributed by atoms with Gasteiger partial charge in [0.2, 0.25) is 0 Å². The largest absolute Gasteiger partial charge is 0.222 e. The monoisotopic (exact) mass is 293 g/mol. The van der Waals surface area contributed by atoms with Gasteiger partial charge in [-0.1, -0.05) is 25.0 Å². The summed E-state index contributed by atoms with van der Waals surface area (Å²) in [5, 5.41) is 9.42. The van der Waals surface area contributed by atoms with E-state index in [9.17, 15) is 18.1 Å². The van der Waals surface area contributed by atoms with Crippen LogP contribution in [0.5, 0.6) is 0 Å². The summed E-state index contributed by atoms with van der Waals surface area (Å²) in [5.74, 6) is -0.769.